The number of morpholine rings is 1. The topological polar surface area (TPSA) is 90.9 Å². The van der Waals surface area contributed by atoms with Gasteiger partial charge in [-0.3, -0.25) is 4.79 Å². The molecule has 176 valence electrons. The Morgan fingerprint density at radius 1 is 1.12 bits per heavy atom. The molecular weight excluding hydrogens is 494 g/mol. The molecule has 1 fully saturated rings. The standard InChI is InChI=1S/C23H26BrN3O6/c1-29-17-12-15(13-18(30-2)19(17)24)23-25-22(26-33-23)20(28)21(31-3)14-4-6-16(7-5-14)27-8-10-32-11-9-27/h4-7,12-13,21,23H,8-11H2,1-3H3,(H,25,26). The predicted octanol–water partition coefficient (Wildman–Crippen LogP) is 3.19. The number of benzene rings is 2. The van der Waals surface area contributed by atoms with Crippen LogP contribution in [0.2, 0.25) is 0 Å². The second-order valence-corrected chi connectivity index (χ2v) is 8.25. The van der Waals surface area contributed by atoms with E-state index in [0.717, 1.165) is 24.3 Å². The zero-order valence-corrected chi connectivity index (χ0v) is 20.3. The first kappa shape index (κ1) is 23.5. The minimum Gasteiger partial charge on any atom is -0.495 e. The van der Waals surface area contributed by atoms with Crippen LogP contribution in [0.5, 0.6) is 11.5 Å². The lowest BCUT2D eigenvalue weighted by Gasteiger charge is -2.29. The maximum atomic E-state index is 13.2. The summed E-state index contributed by atoms with van der Waals surface area (Å²) in [5.74, 6) is 0.899. The van der Waals surface area contributed by atoms with Crippen LogP contribution in [-0.2, 0) is 19.1 Å². The molecule has 33 heavy (non-hydrogen) atoms. The van der Waals surface area contributed by atoms with E-state index in [1.165, 1.54) is 7.11 Å². The van der Waals surface area contributed by atoms with Crippen molar-refractivity contribution in [3.05, 3.63) is 52.0 Å². The minimum absolute atomic E-state index is 0.0879. The number of Topliss-reactive ketones (excluding diaryl/α,β-unsaturated/α-hetero) is 1. The number of ether oxygens (including phenoxy) is 4. The number of nitrogens with zero attached hydrogens (tertiary/aromatic N) is 2. The number of anilines is 1. The molecule has 0 radical (unpaired) electrons. The molecule has 2 aromatic carbocycles. The Morgan fingerprint density at radius 2 is 1.76 bits per heavy atom. The number of methoxy groups -OCH3 is 3. The molecular formula is C23H26BrN3O6. The van der Waals surface area contributed by atoms with Crippen LogP contribution in [-0.4, -0.2) is 59.3 Å². The number of carbonyl (C=O) groups excluding carboxylic acids is 1. The van der Waals surface area contributed by atoms with Gasteiger partial charge in [-0.15, -0.1) is 0 Å². The number of halogens is 1. The Labute approximate surface area is 200 Å². The summed E-state index contributed by atoms with van der Waals surface area (Å²) >= 11 is 3.44. The number of carbonyl (C=O) groups is 1. The van der Waals surface area contributed by atoms with Crippen molar-refractivity contribution in [1.82, 2.24) is 5.48 Å². The molecule has 0 bridgehead atoms. The molecule has 9 nitrogen and oxygen atoms in total. The zero-order valence-electron chi connectivity index (χ0n) is 18.7. The predicted molar refractivity (Wildman–Crippen MR) is 126 cm³/mol. The lowest BCUT2D eigenvalue weighted by Crippen LogP contribution is -2.36. The molecule has 1 N–H and O–H groups in total. The Morgan fingerprint density at radius 3 is 2.33 bits per heavy atom. The van der Waals surface area contributed by atoms with Gasteiger partial charge >= 0.3 is 0 Å². The quantitative estimate of drug-likeness (QED) is 0.568. The van der Waals surface area contributed by atoms with Gasteiger partial charge in [0.25, 0.3) is 0 Å². The summed E-state index contributed by atoms with van der Waals surface area (Å²) in [6.07, 6.45) is -1.55. The fourth-order valence-corrected chi connectivity index (χ4v) is 4.32. The maximum Gasteiger partial charge on any atom is 0.232 e. The van der Waals surface area contributed by atoms with Crippen LogP contribution < -0.4 is 19.9 Å². The second kappa shape index (κ2) is 10.5. The third kappa shape index (κ3) is 4.98. The highest BCUT2D eigenvalue weighted by Crippen LogP contribution is 2.38. The van der Waals surface area contributed by atoms with Crippen molar-refractivity contribution in [2.45, 2.75) is 12.3 Å². The summed E-state index contributed by atoms with van der Waals surface area (Å²) in [6, 6.07) is 11.3. The van der Waals surface area contributed by atoms with E-state index in [9.17, 15) is 4.79 Å². The van der Waals surface area contributed by atoms with E-state index in [2.05, 4.69) is 31.3 Å². The van der Waals surface area contributed by atoms with Crippen molar-refractivity contribution >= 4 is 33.2 Å². The minimum atomic E-state index is -0.814. The van der Waals surface area contributed by atoms with E-state index < -0.39 is 12.3 Å². The summed E-state index contributed by atoms with van der Waals surface area (Å²) in [5.41, 5.74) is 5.14. The number of nitrogens with one attached hydrogen (secondary N) is 1. The summed E-state index contributed by atoms with van der Waals surface area (Å²) < 4.78 is 22.4. The summed E-state index contributed by atoms with van der Waals surface area (Å²) in [5, 5.41) is 0. The molecule has 2 aliphatic rings. The van der Waals surface area contributed by atoms with Crippen LogP contribution in [0.4, 0.5) is 5.69 Å². The molecule has 2 aliphatic heterocycles. The van der Waals surface area contributed by atoms with E-state index in [0.29, 0.717) is 34.7 Å². The van der Waals surface area contributed by atoms with Crippen LogP contribution in [0.25, 0.3) is 0 Å². The monoisotopic (exact) mass is 519 g/mol. The van der Waals surface area contributed by atoms with Crippen LogP contribution in [0.1, 0.15) is 23.5 Å². The van der Waals surface area contributed by atoms with Gasteiger partial charge in [0.2, 0.25) is 12.0 Å². The highest BCUT2D eigenvalue weighted by molar-refractivity contribution is 9.10. The third-order valence-electron chi connectivity index (χ3n) is 5.55. The smallest absolute Gasteiger partial charge is 0.232 e. The molecule has 0 saturated carbocycles. The number of hydrogen-bond donors (Lipinski definition) is 1. The molecule has 2 aromatic rings. The van der Waals surface area contributed by atoms with Gasteiger partial charge in [-0.2, -0.15) is 0 Å². The summed E-state index contributed by atoms with van der Waals surface area (Å²) in [4.78, 5) is 25.4. The van der Waals surface area contributed by atoms with Crippen LogP contribution >= 0.6 is 15.9 Å². The summed E-state index contributed by atoms with van der Waals surface area (Å²) in [6.45, 7) is 3.11. The third-order valence-corrected chi connectivity index (χ3v) is 6.33. The number of hydroxylamine groups is 1. The highest BCUT2D eigenvalue weighted by atomic mass is 79.9. The van der Waals surface area contributed by atoms with Crippen molar-refractivity contribution in [1.29, 1.82) is 0 Å². The molecule has 2 heterocycles. The Balaban J connectivity index is 1.52. The van der Waals surface area contributed by atoms with Gasteiger partial charge < -0.3 is 23.8 Å². The zero-order chi connectivity index (χ0) is 23.4. The van der Waals surface area contributed by atoms with Crippen molar-refractivity contribution in [3.63, 3.8) is 0 Å². The largest absolute Gasteiger partial charge is 0.495 e. The number of hydrogen-bond acceptors (Lipinski definition) is 9. The Hall–Kier alpha value is -2.66. The molecule has 4 rings (SSSR count). The number of aliphatic imine (C=N–C) groups is 1. The maximum absolute atomic E-state index is 13.2. The molecule has 0 aromatic heterocycles. The van der Waals surface area contributed by atoms with E-state index in [1.807, 2.05) is 24.3 Å². The normalized spacial score (nSPS) is 19.0. The first-order valence-electron chi connectivity index (χ1n) is 10.5. The van der Waals surface area contributed by atoms with Gasteiger partial charge in [0, 0.05) is 31.5 Å². The average Bonchev–Trinajstić information content (AvgIpc) is 3.36. The second-order valence-electron chi connectivity index (χ2n) is 7.46. The van der Waals surface area contributed by atoms with Crippen molar-refractivity contribution in [3.8, 4) is 11.5 Å². The fourth-order valence-electron chi connectivity index (χ4n) is 3.77. The first-order valence-corrected chi connectivity index (χ1v) is 11.3. The SMILES string of the molecule is COc1cc(C2N=C(C(=O)C(OC)c3ccc(N4CCOCC4)cc3)NO2)cc(OC)c1Br. The first-order chi connectivity index (χ1) is 16.0. The van der Waals surface area contributed by atoms with E-state index in [4.69, 9.17) is 23.8 Å². The molecule has 2 atom stereocenters. The van der Waals surface area contributed by atoms with Gasteiger partial charge in [0.1, 0.15) is 22.1 Å². The van der Waals surface area contributed by atoms with Gasteiger partial charge in [-0.05, 0) is 45.8 Å². The van der Waals surface area contributed by atoms with Crippen molar-refractivity contribution in [2.24, 2.45) is 4.99 Å². The number of amidine groups is 1. The van der Waals surface area contributed by atoms with Gasteiger partial charge in [-0.1, -0.05) is 12.1 Å². The number of ketones is 1. The van der Waals surface area contributed by atoms with Gasteiger partial charge in [-0.25, -0.2) is 15.3 Å². The molecule has 0 aliphatic carbocycles. The Kier molecular flexibility index (Phi) is 7.49. The highest BCUT2D eigenvalue weighted by Gasteiger charge is 2.31. The van der Waals surface area contributed by atoms with E-state index in [-0.39, 0.29) is 11.6 Å². The van der Waals surface area contributed by atoms with Crippen LogP contribution in [0.15, 0.2) is 45.9 Å². The molecule has 0 amide bonds. The molecule has 1 saturated heterocycles. The van der Waals surface area contributed by atoms with Gasteiger partial charge in [0.05, 0.1) is 27.4 Å². The van der Waals surface area contributed by atoms with E-state index >= 15 is 0 Å². The summed E-state index contributed by atoms with van der Waals surface area (Å²) in [7, 11) is 4.61. The lowest BCUT2D eigenvalue weighted by molar-refractivity contribution is -0.123. The van der Waals surface area contributed by atoms with Crippen LogP contribution in [0, 0.1) is 0 Å². The molecule has 0 spiro atoms. The fraction of sp³-hybridized carbons (Fsp3) is 0.391. The van der Waals surface area contributed by atoms with Crippen molar-refractivity contribution < 1.29 is 28.6 Å². The lowest BCUT2D eigenvalue weighted by atomic mass is 10.0. The van der Waals surface area contributed by atoms with Crippen LogP contribution in [0.3, 0.4) is 0 Å². The molecule has 2 unspecified atom stereocenters. The van der Waals surface area contributed by atoms with Gasteiger partial charge in [0.15, 0.2) is 5.84 Å². The molecule has 10 heteroatoms. The van der Waals surface area contributed by atoms with Crippen molar-refractivity contribution in [2.75, 3.05) is 52.5 Å². The number of rotatable bonds is 8. The Bertz CT molecular complexity index is 998. The average molecular weight is 520 g/mol. The van der Waals surface area contributed by atoms with E-state index in [1.54, 1.807) is 26.4 Å².